The third-order valence-corrected chi connectivity index (χ3v) is 5.00. The zero-order valence-corrected chi connectivity index (χ0v) is 17.7. The highest BCUT2D eigenvalue weighted by atomic mass is 16.5. The summed E-state index contributed by atoms with van der Waals surface area (Å²) in [6, 6.07) is 4.00. The highest BCUT2D eigenvalue weighted by molar-refractivity contribution is 5.97. The van der Waals surface area contributed by atoms with Gasteiger partial charge in [0.1, 0.15) is 5.75 Å². The van der Waals surface area contributed by atoms with Crippen molar-refractivity contribution in [2.45, 2.75) is 59.8 Å². The Hall–Kier alpha value is -2.67. The summed E-state index contributed by atoms with van der Waals surface area (Å²) in [6.45, 7) is 8.09. The van der Waals surface area contributed by atoms with Crippen LogP contribution in [0.25, 0.3) is 0 Å². The zero-order valence-electron chi connectivity index (χ0n) is 17.7. The summed E-state index contributed by atoms with van der Waals surface area (Å²) in [7, 11) is 1.60. The Balaban J connectivity index is 2.13. The molecule has 150 valence electrons. The summed E-state index contributed by atoms with van der Waals surface area (Å²) in [5.41, 5.74) is 10.4. The fourth-order valence-corrected chi connectivity index (χ4v) is 3.27. The number of hydrogen-bond donors (Lipinski definition) is 2. The lowest BCUT2D eigenvalue weighted by Crippen LogP contribution is -2.36. The van der Waals surface area contributed by atoms with E-state index in [9.17, 15) is 4.79 Å². The molecule has 1 aromatic rings. The predicted molar refractivity (Wildman–Crippen MR) is 115 cm³/mol. The third-order valence-electron chi connectivity index (χ3n) is 5.00. The zero-order chi connectivity index (χ0) is 20.7. The van der Waals surface area contributed by atoms with Crippen LogP contribution < -0.4 is 15.6 Å². The summed E-state index contributed by atoms with van der Waals surface area (Å²) < 4.78 is 5.48. The normalized spacial score (nSPS) is 15.1. The molecule has 0 heterocycles. The quantitative estimate of drug-likeness (QED) is 0.337. The van der Waals surface area contributed by atoms with Crippen molar-refractivity contribution in [1.29, 1.82) is 0 Å². The molecule has 0 fully saturated rings. The van der Waals surface area contributed by atoms with Gasteiger partial charge in [-0.3, -0.25) is 10.2 Å². The fraction of sp³-hybridized carbons (Fsp3) is 0.458. The summed E-state index contributed by atoms with van der Waals surface area (Å²) >= 11 is 0. The molecule has 0 spiro atoms. The van der Waals surface area contributed by atoms with Gasteiger partial charge in [0, 0.05) is 11.3 Å². The van der Waals surface area contributed by atoms with Crippen LogP contribution in [-0.2, 0) is 12.8 Å². The van der Waals surface area contributed by atoms with Crippen LogP contribution in [0.2, 0.25) is 0 Å². The molecule has 1 aromatic carbocycles. The highest BCUT2D eigenvalue weighted by Crippen LogP contribution is 2.28. The van der Waals surface area contributed by atoms with Gasteiger partial charge in [0.25, 0.3) is 5.91 Å². The van der Waals surface area contributed by atoms with Crippen LogP contribution >= 0.6 is 0 Å². The van der Waals surface area contributed by atoms with Gasteiger partial charge in [-0.1, -0.05) is 33.1 Å². The van der Waals surface area contributed by atoms with E-state index in [-0.39, 0.29) is 11.3 Å². The highest BCUT2D eigenvalue weighted by Gasteiger charge is 2.18. The third kappa shape index (κ3) is 5.66. The summed E-state index contributed by atoms with van der Waals surface area (Å²) in [4.78, 5) is 12.7. The number of allylic oxidation sites excluding steroid dienone is 4. The number of nitrogens with one attached hydrogen (secondary N) is 2. The Morgan fingerprint density at radius 3 is 2.32 bits per heavy atom. The molecule has 2 N–H and O–H groups in total. The van der Waals surface area contributed by atoms with E-state index in [0.717, 1.165) is 30.5 Å². The lowest BCUT2D eigenvalue weighted by molar-refractivity contribution is 0.0935. The van der Waals surface area contributed by atoms with Crippen molar-refractivity contribution in [2.24, 2.45) is 5.41 Å². The number of hydrogen-bond acceptors (Lipinski definition) is 3. The van der Waals surface area contributed by atoms with Gasteiger partial charge >= 0.3 is 0 Å². The molecular weight excluding hydrogens is 348 g/mol. The summed E-state index contributed by atoms with van der Waals surface area (Å²) in [6.07, 6.45) is 15.0. The van der Waals surface area contributed by atoms with Gasteiger partial charge in [-0.05, 0) is 73.4 Å². The molecule has 0 bridgehead atoms. The van der Waals surface area contributed by atoms with E-state index in [2.05, 4.69) is 37.5 Å². The molecule has 28 heavy (non-hydrogen) atoms. The second-order valence-corrected chi connectivity index (χ2v) is 8.29. The molecule has 2 rings (SSSR count). The number of methoxy groups -OCH3 is 1. The number of aryl methyl sites for hydroxylation is 2. The molecule has 1 aliphatic carbocycles. The van der Waals surface area contributed by atoms with E-state index in [4.69, 9.17) is 11.2 Å². The van der Waals surface area contributed by atoms with Gasteiger partial charge in [0.2, 0.25) is 0 Å². The van der Waals surface area contributed by atoms with E-state index in [1.54, 1.807) is 7.11 Å². The van der Waals surface area contributed by atoms with Crippen LogP contribution in [0, 0.1) is 17.8 Å². The Morgan fingerprint density at radius 1 is 1.11 bits per heavy atom. The number of fused-ring (bicyclic) bond motifs is 1. The van der Waals surface area contributed by atoms with Gasteiger partial charge in [-0.2, -0.15) is 0 Å². The van der Waals surface area contributed by atoms with E-state index in [1.807, 2.05) is 31.2 Å². The Morgan fingerprint density at radius 2 is 1.75 bits per heavy atom. The molecule has 4 nitrogen and oxygen atoms in total. The minimum absolute atomic E-state index is 0.0933. The van der Waals surface area contributed by atoms with Crippen LogP contribution in [-0.4, -0.2) is 13.0 Å². The number of ether oxygens (including phenoxy) is 1. The standard InChI is InChI=1S/C24H32N2O2/c1-7-20(24(3,4)5)14-13-17(2)25-26-23(27)21-15-18-11-9-8-10-12-19(18)16-22(21)28-6/h1,13-16,25H,8-12H2,2-6H3,(H,26,27)/b17-13+,20-14+. The van der Waals surface area contributed by atoms with E-state index in [0.29, 0.717) is 11.3 Å². The Kier molecular flexibility index (Phi) is 7.34. The largest absolute Gasteiger partial charge is 0.496 e. The Labute approximate surface area is 169 Å². The summed E-state index contributed by atoms with van der Waals surface area (Å²) in [5, 5.41) is 0. The molecule has 1 aliphatic rings. The van der Waals surface area contributed by atoms with Crippen LogP contribution in [0.4, 0.5) is 0 Å². The number of amides is 1. The van der Waals surface area contributed by atoms with Gasteiger partial charge in [-0.15, -0.1) is 6.42 Å². The first-order valence-corrected chi connectivity index (χ1v) is 9.88. The van der Waals surface area contributed by atoms with E-state index >= 15 is 0 Å². The first-order valence-electron chi connectivity index (χ1n) is 9.88. The fourth-order valence-electron chi connectivity index (χ4n) is 3.27. The maximum atomic E-state index is 12.7. The van der Waals surface area contributed by atoms with Crippen LogP contribution in [0.1, 0.15) is 68.4 Å². The number of carbonyl (C=O) groups is 1. The molecule has 0 saturated carbocycles. The maximum Gasteiger partial charge on any atom is 0.273 e. The van der Waals surface area contributed by atoms with Crippen molar-refractivity contribution in [3.05, 3.63) is 52.2 Å². The maximum absolute atomic E-state index is 12.7. The van der Waals surface area contributed by atoms with Crippen molar-refractivity contribution >= 4 is 5.91 Å². The molecule has 0 radical (unpaired) electrons. The molecule has 4 heteroatoms. The van der Waals surface area contributed by atoms with Crippen molar-refractivity contribution in [3.63, 3.8) is 0 Å². The number of rotatable bonds is 5. The minimum atomic E-state index is -0.214. The average Bonchev–Trinajstić information content (AvgIpc) is 2.89. The molecule has 0 aromatic heterocycles. The number of benzene rings is 1. The average molecular weight is 381 g/mol. The van der Waals surface area contributed by atoms with Gasteiger partial charge in [0.15, 0.2) is 0 Å². The van der Waals surface area contributed by atoms with E-state index in [1.165, 1.54) is 24.0 Å². The second kappa shape index (κ2) is 9.50. The number of terminal acetylenes is 1. The minimum Gasteiger partial charge on any atom is -0.496 e. The van der Waals surface area contributed by atoms with Crippen molar-refractivity contribution in [1.82, 2.24) is 10.9 Å². The van der Waals surface area contributed by atoms with Crippen LogP contribution in [0.5, 0.6) is 5.75 Å². The smallest absolute Gasteiger partial charge is 0.273 e. The lowest BCUT2D eigenvalue weighted by Gasteiger charge is -2.18. The Bertz CT molecular complexity index is 820. The van der Waals surface area contributed by atoms with Crippen molar-refractivity contribution in [3.8, 4) is 18.1 Å². The monoisotopic (exact) mass is 380 g/mol. The van der Waals surface area contributed by atoms with Gasteiger partial charge in [0.05, 0.1) is 12.7 Å². The van der Waals surface area contributed by atoms with Gasteiger partial charge in [-0.25, -0.2) is 0 Å². The first-order chi connectivity index (χ1) is 13.3. The second-order valence-electron chi connectivity index (χ2n) is 8.29. The van der Waals surface area contributed by atoms with E-state index < -0.39 is 0 Å². The van der Waals surface area contributed by atoms with Crippen LogP contribution in [0.15, 0.2) is 35.6 Å². The number of hydrazine groups is 1. The molecular formula is C24H32N2O2. The van der Waals surface area contributed by atoms with Crippen molar-refractivity contribution < 1.29 is 9.53 Å². The molecule has 0 saturated heterocycles. The molecule has 0 aliphatic heterocycles. The SMILES string of the molecule is C#C/C(=C\C=C(/C)NNC(=O)c1cc2c(cc1OC)CCCCC2)C(C)(C)C. The van der Waals surface area contributed by atoms with Crippen molar-refractivity contribution in [2.75, 3.05) is 7.11 Å². The predicted octanol–water partition coefficient (Wildman–Crippen LogP) is 4.71. The summed E-state index contributed by atoms with van der Waals surface area (Å²) in [5.74, 6) is 3.12. The topological polar surface area (TPSA) is 50.4 Å². The lowest BCUT2D eigenvalue weighted by atomic mass is 9.86. The van der Waals surface area contributed by atoms with Crippen LogP contribution in [0.3, 0.4) is 0 Å². The number of carbonyl (C=O) groups excluding carboxylic acids is 1. The molecule has 0 unspecified atom stereocenters. The van der Waals surface area contributed by atoms with Gasteiger partial charge < -0.3 is 10.2 Å². The molecule has 0 atom stereocenters. The molecule has 1 amide bonds. The first kappa shape index (κ1) is 21.6.